The van der Waals surface area contributed by atoms with Gasteiger partial charge in [0.25, 0.3) is 11.4 Å². The Morgan fingerprint density at radius 1 is 1.05 bits per heavy atom. The van der Waals surface area contributed by atoms with Crippen LogP contribution in [-0.2, 0) is 4.79 Å². The van der Waals surface area contributed by atoms with Crippen molar-refractivity contribution in [2.24, 2.45) is 11.0 Å². The summed E-state index contributed by atoms with van der Waals surface area (Å²) in [5, 5.41) is 37.7. The lowest BCUT2D eigenvalue weighted by Gasteiger charge is -2.36. The van der Waals surface area contributed by atoms with Crippen molar-refractivity contribution in [2.45, 2.75) is 26.7 Å². The van der Waals surface area contributed by atoms with Gasteiger partial charge in [-0.25, -0.2) is 0 Å². The highest BCUT2D eigenvalue weighted by atomic mass is 16.6. The van der Waals surface area contributed by atoms with Gasteiger partial charge in [0.05, 0.1) is 33.0 Å². The van der Waals surface area contributed by atoms with E-state index in [9.17, 15) is 35.1 Å². The van der Waals surface area contributed by atoms with Gasteiger partial charge in [-0.2, -0.15) is 5.10 Å². The number of carbonyl (C=O) groups is 1. The number of nitrogens with one attached hydrogen (secondary N) is 1. The van der Waals surface area contributed by atoms with Crippen molar-refractivity contribution in [1.29, 1.82) is 0 Å². The minimum absolute atomic E-state index is 0.0685. The fraction of sp³-hybridized carbons (Fsp3) is 0.391. The summed E-state index contributed by atoms with van der Waals surface area (Å²) >= 11 is 0. The van der Waals surface area contributed by atoms with Gasteiger partial charge in [0.2, 0.25) is 5.91 Å². The number of hydrogen-bond donors (Lipinski definition) is 1. The SMILES string of the molecule is CCN(CC)C(=O)[C@H]1CCCN(c2ccc([N+](=O)[O-])cc2C=NNc2ccc([N+](=O)[O-])cc2[N+](=O)[O-])C1. The van der Waals surface area contributed by atoms with Crippen LogP contribution in [-0.4, -0.2) is 58.0 Å². The quantitative estimate of drug-likeness (QED) is 0.280. The molecule has 0 aromatic heterocycles. The minimum Gasteiger partial charge on any atom is -0.370 e. The van der Waals surface area contributed by atoms with Crippen LogP contribution in [0.25, 0.3) is 0 Å². The first kappa shape index (κ1) is 27.0. The number of amides is 1. The molecule has 0 spiro atoms. The summed E-state index contributed by atoms with van der Waals surface area (Å²) in [6, 6.07) is 7.38. The first-order chi connectivity index (χ1) is 17.7. The van der Waals surface area contributed by atoms with Gasteiger partial charge in [0, 0.05) is 55.6 Å². The molecule has 14 nitrogen and oxygen atoms in total. The second-order valence-corrected chi connectivity index (χ2v) is 8.38. The highest BCUT2D eigenvalue weighted by Gasteiger charge is 2.29. The molecule has 1 N–H and O–H groups in total. The summed E-state index contributed by atoms with van der Waals surface area (Å²) in [4.78, 5) is 48.3. The molecule has 37 heavy (non-hydrogen) atoms. The molecule has 0 saturated carbocycles. The summed E-state index contributed by atoms with van der Waals surface area (Å²) in [5.74, 6) is -0.145. The molecule has 1 aliphatic rings. The van der Waals surface area contributed by atoms with E-state index in [4.69, 9.17) is 0 Å². The Morgan fingerprint density at radius 2 is 1.70 bits per heavy atom. The Balaban J connectivity index is 1.89. The van der Waals surface area contributed by atoms with Crippen LogP contribution in [0.2, 0.25) is 0 Å². The molecular weight excluding hydrogens is 486 g/mol. The van der Waals surface area contributed by atoms with Crippen LogP contribution in [0.4, 0.5) is 28.4 Å². The van der Waals surface area contributed by atoms with Crippen molar-refractivity contribution in [3.8, 4) is 0 Å². The van der Waals surface area contributed by atoms with Gasteiger partial charge in [-0.05, 0) is 38.8 Å². The molecule has 0 radical (unpaired) electrons. The smallest absolute Gasteiger partial charge is 0.301 e. The van der Waals surface area contributed by atoms with Gasteiger partial charge in [-0.3, -0.25) is 40.6 Å². The Bertz CT molecular complexity index is 1230. The monoisotopic (exact) mass is 513 g/mol. The van der Waals surface area contributed by atoms with Crippen LogP contribution in [0, 0.1) is 36.3 Å². The Morgan fingerprint density at radius 3 is 2.32 bits per heavy atom. The van der Waals surface area contributed by atoms with E-state index in [1.54, 1.807) is 11.0 Å². The van der Waals surface area contributed by atoms with Crippen molar-refractivity contribution in [3.63, 3.8) is 0 Å². The van der Waals surface area contributed by atoms with Crippen LogP contribution in [0.15, 0.2) is 41.5 Å². The fourth-order valence-corrected chi connectivity index (χ4v) is 4.29. The number of hydrazone groups is 1. The third-order valence-electron chi connectivity index (χ3n) is 6.19. The number of carbonyl (C=O) groups excluding carboxylic acids is 1. The van der Waals surface area contributed by atoms with Crippen LogP contribution in [0.1, 0.15) is 32.3 Å². The summed E-state index contributed by atoms with van der Waals surface area (Å²) in [5.41, 5.74) is 2.27. The molecule has 1 atom stereocenters. The Kier molecular flexibility index (Phi) is 8.66. The number of anilines is 2. The molecule has 196 valence electrons. The zero-order valence-electron chi connectivity index (χ0n) is 20.4. The molecule has 14 heteroatoms. The Labute approximate surface area is 212 Å². The van der Waals surface area contributed by atoms with Crippen molar-refractivity contribution in [3.05, 3.63) is 72.3 Å². The highest BCUT2D eigenvalue weighted by Crippen LogP contribution is 2.31. The van der Waals surface area contributed by atoms with Crippen LogP contribution < -0.4 is 10.3 Å². The molecule has 3 rings (SSSR count). The van der Waals surface area contributed by atoms with Crippen LogP contribution in [0.3, 0.4) is 0 Å². The lowest BCUT2D eigenvalue weighted by atomic mass is 9.95. The molecule has 1 saturated heterocycles. The standard InChI is InChI=1S/C23H27N7O7/c1-3-26(4-2)23(31)16-6-5-11-27(15-16)21-10-8-18(28(32)33)12-17(21)14-24-25-20-9-7-19(29(34)35)13-22(20)30(36)37/h7-10,12-14,16,25H,3-6,11,15H2,1-2H3/t16-/m0/s1. The lowest BCUT2D eigenvalue weighted by Crippen LogP contribution is -2.45. The molecule has 2 aromatic carbocycles. The summed E-state index contributed by atoms with van der Waals surface area (Å²) in [7, 11) is 0. The number of benzene rings is 2. The van der Waals surface area contributed by atoms with E-state index in [-0.39, 0.29) is 23.2 Å². The average Bonchev–Trinajstić information content (AvgIpc) is 2.89. The van der Waals surface area contributed by atoms with Gasteiger partial charge < -0.3 is 9.80 Å². The number of nitro groups is 3. The van der Waals surface area contributed by atoms with Crippen molar-refractivity contribution < 1.29 is 19.6 Å². The molecule has 0 unspecified atom stereocenters. The first-order valence-corrected chi connectivity index (χ1v) is 11.7. The van der Waals surface area contributed by atoms with E-state index in [0.29, 0.717) is 37.4 Å². The molecule has 0 bridgehead atoms. The first-order valence-electron chi connectivity index (χ1n) is 11.7. The lowest BCUT2D eigenvalue weighted by molar-refractivity contribution is -0.393. The molecule has 1 fully saturated rings. The number of nitrogens with zero attached hydrogens (tertiary/aromatic N) is 6. The van der Waals surface area contributed by atoms with Gasteiger partial charge in [-0.15, -0.1) is 0 Å². The largest absolute Gasteiger partial charge is 0.370 e. The van der Waals surface area contributed by atoms with E-state index in [0.717, 1.165) is 31.0 Å². The average molecular weight is 514 g/mol. The van der Waals surface area contributed by atoms with Gasteiger partial charge in [-0.1, -0.05) is 0 Å². The zero-order valence-corrected chi connectivity index (χ0v) is 20.4. The molecule has 1 aliphatic heterocycles. The molecule has 1 heterocycles. The van der Waals surface area contributed by atoms with Crippen molar-refractivity contribution in [2.75, 3.05) is 36.5 Å². The van der Waals surface area contributed by atoms with E-state index in [2.05, 4.69) is 10.5 Å². The second kappa shape index (κ2) is 11.9. The molecule has 2 aromatic rings. The number of piperidine rings is 1. The molecular formula is C23H27N7O7. The second-order valence-electron chi connectivity index (χ2n) is 8.38. The van der Waals surface area contributed by atoms with Crippen LogP contribution >= 0.6 is 0 Å². The van der Waals surface area contributed by atoms with Crippen molar-refractivity contribution >= 4 is 40.6 Å². The third-order valence-corrected chi connectivity index (χ3v) is 6.19. The normalized spacial score (nSPS) is 15.4. The molecule has 1 amide bonds. The van der Waals surface area contributed by atoms with E-state index in [1.807, 2.05) is 18.7 Å². The maximum atomic E-state index is 12.9. The number of hydrogen-bond acceptors (Lipinski definition) is 10. The number of rotatable bonds is 10. The maximum Gasteiger partial charge on any atom is 0.301 e. The molecule has 0 aliphatic carbocycles. The summed E-state index contributed by atoms with van der Waals surface area (Å²) < 4.78 is 0. The van der Waals surface area contributed by atoms with Crippen LogP contribution in [0.5, 0.6) is 0 Å². The predicted octanol–water partition coefficient (Wildman–Crippen LogP) is 3.94. The summed E-state index contributed by atoms with van der Waals surface area (Å²) in [6.07, 6.45) is 2.80. The van der Waals surface area contributed by atoms with Gasteiger partial charge in [0.1, 0.15) is 5.69 Å². The number of non-ortho nitro benzene ring substituents is 2. The van der Waals surface area contributed by atoms with E-state index >= 15 is 0 Å². The van der Waals surface area contributed by atoms with E-state index < -0.39 is 26.1 Å². The zero-order chi connectivity index (χ0) is 27.1. The Hall–Kier alpha value is -4.62. The predicted molar refractivity (Wildman–Crippen MR) is 137 cm³/mol. The third kappa shape index (κ3) is 6.34. The summed E-state index contributed by atoms with van der Waals surface area (Å²) in [6.45, 7) is 6.16. The van der Waals surface area contributed by atoms with Gasteiger partial charge in [0.15, 0.2) is 0 Å². The van der Waals surface area contributed by atoms with Crippen molar-refractivity contribution in [1.82, 2.24) is 4.90 Å². The fourth-order valence-electron chi connectivity index (χ4n) is 4.29. The van der Waals surface area contributed by atoms with E-state index in [1.165, 1.54) is 18.3 Å². The van der Waals surface area contributed by atoms with Gasteiger partial charge >= 0.3 is 5.69 Å². The number of nitro benzene ring substituents is 3. The maximum absolute atomic E-state index is 12.9. The highest BCUT2D eigenvalue weighted by molar-refractivity contribution is 5.90. The minimum atomic E-state index is -0.773. The topological polar surface area (TPSA) is 177 Å².